The number of aliphatic imine (C=N–C) groups is 2. The minimum absolute atomic E-state index is 0.0363. The highest BCUT2D eigenvalue weighted by atomic mass is 32.2. The number of carbonyl (C=O) groups is 3. The predicted octanol–water partition coefficient (Wildman–Crippen LogP) is 1.82. The van der Waals surface area contributed by atoms with Gasteiger partial charge in [0, 0.05) is 13.1 Å². The fraction of sp³-hybridized carbons (Fsp3) is 0.500. The number of hydrogen-bond acceptors (Lipinski definition) is 7. The highest BCUT2D eigenvalue weighted by Gasteiger charge is 2.49. The van der Waals surface area contributed by atoms with Crippen LogP contribution in [-0.4, -0.2) is 81.9 Å². The van der Waals surface area contributed by atoms with Crippen molar-refractivity contribution in [1.82, 2.24) is 9.80 Å². The Morgan fingerprint density at radius 3 is 2.63 bits per heavy atom. The molecular formula is C20H24N5O4S+. The number of carbonyl (C=O) groups excluding carboxylic acids is 3. The fourth-order valence-corrected chi connectivity index (χ4v) is 4.73. The summed E-state index contributed by atoms with van der Waals surface area (Å²) in [4.78, 5) is 50.0. The van der Waals surface area contributed by atoms with Crippen LogP contribution in [0.4, 0.5) is 4.79 Å². The smallest absolute Gasteiger partial charge is 0.445 e. The summed E-state index contributed by atoms with van der Waals surface area (Å²) in [5.74, 6) is 0.0339. The summed E-state index contributed by atoms with van der Waals surface area (Å²) >= 11 is 1.23. The molecule has 10 heteroatoms. The van der Waals surface area contributed by atoms with Gasteiger partial charge in [0.2, 0.25) is 5.91 Å². The van der Waals surface area contributed by atoms with Crippen molar-refractivity contribution >= 4 is 46.3 Å². The topological polar surface area (TPSA) is 98.6 Å². The third-order valence-corrected chi connectivity index (χ3v) is 6.49. The lowest BCUT2D eigenvalue weighted by Gasteiger charge is -2.26. The molecule has 1 aromatic rings. The van der Waals surface area contributed by atoms with Crippen LogP contribution < -0.4 is 0 Å². The Balaban J connectivity index is 1.62. The molecule has 3 aliphatic heterocycles. The van der Waals surface area contributed by atoms with E-state index >= 15 is 0 Å². The number of fused-ring (bicyclic) bond motifs is 1. The van der Waals surface area contributed by atoms with Gasteiger partial charge in [-0.2, -0.15) is 9.48 Å². The maximum Gasteiger partial charge on any atom is 0.445 e. The Bertz CT molecular complexity index is 958. The summed E-state index contributed by atoms with van der Waals surface area (Å²) < 4.78 is 6.76. The van der Waals surface area contributed by atoms with Gasteiger partial charge in [-0.05, 0) is 25.0 Å². The number of thioether (sulfide) groups is 1. The third-order valence-electron chi connectivity index (χ3n) is 5.48. The molecule has 1 aromatic heterocycles. The summed E-state index contributed by atoms with van der Waals surface area (Å²) in [6, 6.07) is 2.97. The molecular weight excluding hydrogens is 406 g/mol. The van der Waals surface area contributed by atoms with Crippen molar-refractivity contribution in [2.24, 2.45) is 15.9 Å². The van der Waals surface area contributed by atoms with Crippen molar-refractivity contribution < 1.29 is 23.4 Å². The van der Waals surface area contributed by atoms with Gasteiger partial charge in [0.25, 0.3) is 11.7 Å². The van der Waals surface area contributed by atoms with Crippen molar-refractivity contribution in [2.45, 2.75) is 25.7 Å². The van der Waals surface area contributed by atoms with Gasteiger partial charge in [-0.3, -0.25) is 9.59 Å². The van der Waals surface area contributed by atoms with E-state index in [4.69, 9.17) is 4.42 Å². The highest BCUT2D eigenvalue weighted by molar-refractivity contribution is 8.14. The molecule has 0 spiro atoms. The minimum atomic E-state index is -0.807. The zero-order valence-electron chi connectivity index (χ0n) is 17.0. The molecule has 0 radical (unpaired) electrons. The number of hydrogen-bond donors (Lipinski definition) is 0. The largest absolute Gasteiger partial charge is 0.459 e. The second kappa shape index (κ2) is 8.55. The Morgan fingerprint density at radius 1 is 1.23 bits per heavy atom. The maximum absolute atomic E-state index is 12.9. The van der Waals surface area contributed by atoms with E-state index < -0.39 is 17.9 Å². The standard InChI is InChI=1S/C20H24N5O4S/c1-23-17-15(19(27)24(2)20(23)28)18(22-16(21-17)13-8-7-11-29-13)30-12-14(26)25-9-5-3-4-6-10-25/h7-8,11,15H,3-6,9-10,12H2,1-2H3/q+1. The van der Waals surface area contributed by atoms with Crippen LogP contribution in [0, 0.1) is 5.92 Å². The van der Waals surface area contributed by atoms with Gasteiger partial charge >= 0.3 is 11.9 Å². The normalized spacial score (nSPS) is 22.5. The van der Waals surface area contributed by atoms with Crippen LogP contribution in [0.15, 0.2) is 32.8 Å². The lowest BCUT2D eigenvalue weighted by molar-refractivity contribution is -0.407. The number of nitrogens with zero attached hydrogens (tertiary/aromatic N) is 5. The van der Waals surface area contributed by atoms with Crippen LogP contribution in [0.5, 0.6) is 0 Å². The molecule has 1 saturated heterocycles. The molecule has 30 heavy (non-hydrogen) atoms. The second-order valence-electron chi connectivity index (χ2n) is 7.48. The van der Waals surface area contributed by atoms with Gasteiger partial charge in [-0.1, -0.05) is 29.6 Å². The highest BCUT2D eigenvalue weighted by Crippen LogP contribution is 2.27. The Labute approximate surface area is 178 Å². The molecule has 0 aromatic carbocycles. The first kappa shape index (κ1) is 20.5. The molecule has 4 rings (SSSR count). The molecule has 3 aliphatic rings. The van der Waals surface area contributed by atoms with E-state index in [9.17, 15) is 14.4 Å². The van der Waals surface area contributed by atoms with Gasteiger partial charge < -0.3 is 9.32 Å². The van der Waals surface area contributed by atoms with Crippen molar-refractivity contribution in [1.29, 1.82) is 0 Å². The van der Waals surface area contributed by atoms with Gasteiger partial charge in [-0.15, -0.1) is 0 Å². The summed E-state index contributed by atoms with van der Waals surface area (Å²) in [5.41, 5.74) is 0. The molecule has 4 amide bonds. The van der Waals surface area contributed by atoms with E-state index in [2.05, 4.69) is 9.98 Å². The Kier molecular flexibility index (Phi) is 5.85. The third kappa shape index (κ3) is 3.83. The van der Waals surface area contributed by atoms with E-state index in [1.165, 1.54) is 29.6 Å². The summed E-state index contributed by atoms with van der Waals surface area (Å²) in [7, 11) is 3.02. The van der Waals surface area contributed by atoms with Crippen LogP contribution in [0.3, 0.4) is 0 Å². The average molecular weight is 431 g/mol. The first-order valence-electron chi connectivity index (χ1n) is 10.0. The molecule has 1 atom stereocenters. The number of imide groups is 1. The molecule has 4 heterocycles. The zero-order valence-corrected chi connectivity index (χ0v) is 17.9. The van der Waals surface area contributed by atoms with Crippen LogP contribution in [0.1, 0.15) is 31.4 Å². The van der Waals surface area contributed by atoms with E-state index in [1.54, 1.807) is 19.2 Å². The van der Waals surface area contributed by atoms with Crippen LogP contribution >= 0.6 is 11.8 Å². The van der Waals surface area contributed by atoms with Crippen LogP contribution in [0.25, 0.3) is 0 Å². The van der Waals surface area contributed by atoms with Crippen molar-refractivity contribution in [3.05, 3.63) is 24.2 Å². The summed E-state index contributed by atoms with van der Waals surface area (Å²) in [5, 5.41) is 0.450. The van der Waals surface area contributed by atoms with Gasteiger partial charge in [-0.25, -0.2) is 9.79 Å². The Hall–Kier alpha value is -2.75. The van der Waals surface area contributed by atoms with Crippen molar-refractivity contribution in [3.63, 3.8) is 0 Å². The number of amides is 4. The van der Waals surface area contributed by atoms with E-state index in [1.807, 2.05) is 4.90 Å². The molecule has 0 saturated carbocycles. The molecule has 0 bridgehead atoms. The van der Waals surface area contributed by atoms with E-state index in [0.717, 1.165) is 43.7 Å². The van der Waals surface area contributed by atoms with Crippen LogP contribution in [-0.2, 0) is 9.59 Å². The lowest BCUT2D eigenvalue weighted by Crippen LogP contribution is -2.54. The summed E-state index contributed by atoms with van der Waals surface area (Å²) in [6.07, 6.45) is 5.84. The number of amidine groups is 2. The quantitative estimate of drug-likeness (QED) is 0.682. The average Bonchev–Trinajstić information content (AvgIpc) is 3.16. The number of likely N-dealkylation sites (tertiary alicyclic amines) is 1. The molecule has 0 aliphatic carbocycles. The van der Waals surface area contributed by atoms with E-state index in [0.29, 0.717) is 16.6 Å². The lowest BCUT2D eigenvalue weighted by atomic mass is 10.0. The molecule has 9 nitrogen and oxygen atoms in total. The van der Waals surface area contributed by atoms with Gasteiger partial charge in [0.1, 0.15) is 5.04 Å². The fourth-order valence-electron chi connectivity index (χ4n) is 3.75. The van der Waals surface area contributed by atoms with Crippen molar-refractivity contribution in [3.8, 4) is 0 Å². The van der Waals surface area contributed by atoms with E-state index in [-0.39, 0.29) is 17.5 Å². The molecule has 158 valence electrons. The minimum Gasteiger partial charge on any atom is -0.459 e. The number of rotatable bonds is 3. The first-order valence-corrected chi connectivity index (χ1v) is 11.0. The zero-order chi connectivity index (χ0) is 21.3. The molecule has 1 fully saturated rings. The first-order chi connectivity index (χ1) is 14.5. The maximum atomic E-state index is 12.9. The second-order valence-corrected chi connectivity index (χ2v) is 8.47. The van der Waals surface area contributed by atoms with Crippen molar-refractivity contribution in [2.75, 3.05) is 32.9 Å². The van der Waals surface area contributed by atoms with Gasteiger partial charge in [0.05, 0.1) is 26.1 Å². The number of urea groups is 1. The van der Waals surface area contributed by atoms with Gasteiger partial charge in [0.15, 0.2) is 11.7 Å². The molecule has 1 unspecified atom stereocenters. The van der Waals surface area contributed by atoms with Crippen LogP contribution in [0.2, 0.25) is 0 Å². The predicted molar refractivity (Wildman–Crippen MR) is 113 cm³/mol. The number of furan rings is 1. The monoisotopic (exact) mass is 430 g/mol. The SMILES string of the molecule is CN1C(=O)C2C(SCC(=O)N3CCCCCC3)=NC(c3ccco3)=NC2=[N+](C)C1=O. The summed E-state index contributed by atoms with van der Waals surface area (Å²) in [6.45, 7) is 1.54. The molecule has 0 N–H and O–H groups in total. The Morgan fingerprint density at radius 2 is 1.97 bits per heavy atom.